The van der Waals surface area contributed by atoms with Crippen molar-refractivity contribution in [3.63, 3.8) is 0 Å². The maximum Gasteiger partial charge on any atom is 0.164 e. The number of rotatable bonds is 5. The van der Waals surface area contributed by atoms with Gasteiger partial charge in [0.05, 0.1) is 8.93 Å². The molecule has 0 saturated carbocycles. The Bertz CT molecular complexity index is 598. The van der Waals surface area contributed by atoms with E-state index >= 15 is 0 Å². The summed E-state index contributed by atoms with van der Waals surface area (Å²) in [5.74, 6) is -1.50. The van der Waals surface area contributed by atoms with Crippen LogP contribution in [0.2, 0.25) is 0 Å². The molecule has 0 amide bonds. The van der Waals surface area contributed by atoms with Crippen molar-refractivity contribution >= 4 is 33.9 Å². The zero-order chi connectivity index (χ0) is 14.7. The van der Waals surface area contributed by atoms with Crippen molar-refractivity contribution in [3.05, 3.63) is 54.8 Å². The molecule has 0 spiro atoms. The molecule has 1 N–H and O–H groups in total. The summed E-state index contributed by atoms with van der Waals surface area (Å²) in [5.41, 5.74) is 1.69. The topological polar surface area (TPSA) is 12.0 Å². The van der Waals surface area contributed by atoms with Crippen LogP contribution in [0.4, 0.5) is 8.78 Å². The van der Waals surface area contributed by atoms with Gasteiger partial charge in [-0.25, -0.2) is 8.78 Å². The Morgan fingerprint density at radius 2 is 2.05 bits per heavy atom. The molecule has 1 aromatic heterocycles. The van der Waals surface area contributed by atoms with E-state index in [1.54, 1.807) is 30.4 Å². The quantitative estimate of drug-likeness (QED) is 0.686. The zero-order valence-corrected chi connectivity index (χ0v) is 14.3. The second kappa shape index (κ2) is 6.95. The van der Waals surface area contributed by atoms with Gasteiger partial charge in [0.2, 0.25) is 0 Å². The second-order valence-electron chi connectivity index (χ2n) is 4.67. The number of nitrogens with one attached hydrogen (secondary N) is 1. The summed E-state index contributed by atoms with van der Waals surface area (Å²) in [6.45, 7) is 4.38. The van der Waals surface area contributed by atoms with Crippen molar-refractivity contribution in [1.29, 1.82) is 0 Å². The van der Waals surface area contributed by atoms with E-state index in [0.717, 1.165) is 21.4 Å². The van der Waals surface area contributed by atoms with Crippen molar-refractivity contribution < 1.29 is 8.78 Å². The van der Waals surface area contributed by atoms with Crippen LogP contribution < -0.4 is 5.32 Å². The molecule has 0 bridgehead atoms. The number of halogens is 3. The SMILES string of the molecule is CCCNC(c1csc(I)c1)c1ccc(C)c(F)c1F. The van der Waals surface area contributed by atoms with Gasteiger partial charge in [0, 0.05) is 5.56 Å². The average molecular weight is 407 g/mol. The van der Waals surface area contributed by atoms with Gasteiger partial charge in [0.1, 0.15) is 0 Å². The van der Waals surface area contributed by atoms with E-state index in [-0.39, 0.29) is 6.04 Å². The number of hydrogen-bond acceptors (Lipinski definition) is 2. The van der Waals surface area contributed by atoms with E-state index < -0.39 is 11.6 Å². The van der Waals surface area contributed by atoms with Gasteiger partial charge in [0.15, 0.2) is 11.6 Å². The normalized spacial score (nSPS) is 12.7. The largest absolute Gasteiger partial charge is 0.306 e. The maximum atomic E-state index is 14.2. The second-order valence-corrected chi connectivity index (χ2v) is 7.48. The fourth-order valence-electron chi connectivity index (χ4n) is 2.05. The fraction of sp³-hybridized carbons (Fsp3) is 0.333. The van der Waals surface area contributed by atoms with Crippen LogP contribution in [0.15, 0.2) is 23.6 Å². The minimum Gasteiger partial charge on any atom is -0.306 e. The van der Waals surface area contributed by atoms with Crippen LogP contribution in [-0.4, -0.2) is 6.54 Å². The van der Waals surface area contributed by atoms with E-state index in [9.17, 15) is 8.78 Å². The molecule has 1 unspecified atom stereocenters. The molecule has 1 aromatic carbocycles. The molecule has 5 heteroatoms. The predicted molar refractivity (Wildman–Crippen MR) is 88.3 cm³/mol. The number of benzene rings is 1. The van der Waals surface area contributed by atoms with Crippen LogP contribution in [0.1, 0.15) is 36.1 Å². The molecule has 1 heterocycles. The first-order chi connectivity index (χ1) is 9.54. The molecular weight excluding hydrogens is 391 g/mol. The van der Waals surface area contributed by atoms with Crippen LogP contribution in [0.25, 0.3) is 0 Å². The summed E-state index contributed by atoms with van der Waals surface area (Å²) >= 11 is 3.84. The van der Waals surface area contributed by atoms with Gasteiger partial charge in [-0.2, -0.15) is 0 Å². The van der Waals surface area contributed by atoms with Gasteiger partial charge in [0.25, 0.3) is 0 Å². The fourth-order valence-corrected chi connectivity index (χ4v) is 3.45. The van der Waals surface area contributed by atoms with Gasteiger partial charge in [-0.1, -0.05) is 19.1 Å². The molecule has 0 aliphatic rings. The summed E-state index contributed by atoms with van der Waals surface area (Å²) in [6, 6.07) is 5.01. The highest BCUT2D eigenvalue weighted by Gasteiger charge is 2.21. The first-order valence-corrected chi connectivity index (χ1v) is 8.42. The molecule has 0 fully saturated rings. The highest BCUT2D eigenvalue weighted by molar-refractivity contribution is 14.1. The van der Waals surface area contributed by atoms with E-state index in [1.807, 2.05) is 18.4 Å². The Morgan fingerprint density at radius 3 is 2.65 bits per heavy atom. The molecule has 20 heavy (non-hydrogen) atoms. The third-order valence-corrected chi connectivity index (χ3v) is 4.94. The lowest BCUT2D eigenvalue weighted by molar-refractivity contribution is 0.476. The lowest BCUT2D eigenvalue weighted by atomic mass is 9.99. The highest BCUT2D eigenvalue weighted by Crippen LogP contribution is 2.30. The number of thiophene rings is 1. The van der Waals surface area contributed by atoms with Crippen LogP contribution in [0.5, 0.6) is 0 Å². The van der Waals surface area contributed by atoms with Gasteiger partial charge < -0.3 is 5.32 Å². The summed E-state index contributed by atoms with van der Waals surface area (Å²) in [6.07, 6.45) is 0.938. The monoisotopic (exact) mass is 407 g/mol. The Labute approximate surface area is 135 Å². The van der Waals surface area contributed by atoms with Crippen LogP contribution in [-0.2, 0) is 0 Å². The van der Waals surface area contributed by atoms with E-state index in [1.165, 1.54) is 0 Å². The third kappa shape index (κ3) is 3.38. The third-order valence-electron chi connectivity index (χ3n) is 3.14. The molecule has 108 valence electrons. The average Bonchev–Trinajstić information content (AvgIpc) is 2.85. The molecule has 0 aliphatic heterocycles. The summed E-state index contributed by atoms with van der Waals surface area (Å²) in [7, 11) is 0. The lowest BCUT2D eigenvalue weighted by Crippen LogP contribution is -2.24. The minimum absolute atomic E-state index is 0.301. The van der Waals surface area contributed by atoms with Gasteiger partial charge in [-0.15, -0.1) is 11.3 Å². The first-order valence-electron chi connectivity index (χ1n) is 6.46. The van der Waals surface area contributed by atoms with Crippen molar-refractivity contribution in [1.82, 2.24) is 5.32 Å². The maximum absolute atomic E-state index is 14.2. The minimum atomic E-state index is -0.754. The molecule has 1 atom stereocenters. The molecule has 2 rings (SSSR count). The van der Waals surface area contributed by atoms with Crippen LogP contribution in [0.3, 0.4) is 0 Å². The molecule has 0 radical (unpaired) electrons. The summed E-state index contributed by atoms with van der Waals surface area (Å²) < 4.78 is 29.1. The Balaban J connectivity index is 2.43. The molecule has 1 nitrogen and oxygen atoms in total. The molecular formula is C15H16F2INS. The highest BCUT2D eigenvalue weighted by atomic mass is 127. The zero-order valence-electron chi connectivity index (χ0n) is 11.3. The molecule has 0 aliphatic carbocycles. The van der Waals surface area contributed by atoms with Crippen molar-refractivity contribution in [3.8, 4) is 0 Å². The Morgan fingerprint density at radius 1 is 1.30 bits per heavy atom. The van der Waals surface area contributed by atoms with Crippen molar-refractivity contribution in [2.45, 2.75) is 26.3 Å². The molecule has 2 aromatic rings. The van der Waals surface area contributed by atoms with Crippen LogP contribution >= 0.6 is 33.9 Å². The smallest absolute Gasteiger partial charge is 0.164 e. The van der Waals surface area contributed by atoms with E-state index in [0.29, 0.717) is 11.1 Å². The van der Waals surface area contributed by atoms with Gasteiger partial charge in [-0.3, -0.25) is 0 Å². The molecule has 0 saturated heterocycles. The summed E-state index contributed by atoms with van der Waals surface area (Å²) in [4.78, 5) is 0. The Hall–Kier alpha value is -0.530. The standard InChI is InChI=1S/C15H16F2INS/c1-3-6-19-15(10-7-12(18)20-8-10)11-5-4-9(2)13(16)14(11)17/h4-5,7-8,15,19H,3,6H2,1-2H3. The van der Waals surface area contributed by atoms with Crippen LogP contribution in [0, 0.1) is 21.4 Å². The van der Waals surface area contributed by atoms with E-state index in [4.69, 9.17) is 0 Å². The van der Waals surface area contributed by atoms with Gasteiger partial charge >= 0.3 is 0 Å². The van der Waals surface area contributed by atoms with Gasteiger partial charge in [-0.05, 0) is 65.1 Å². The lowest BCUT2D eigenvalue weighted by Gasteiger charge is -2.19. The van der Waals surface area contributed by atoms with Crippen molar-refractivity contribution in [2.75, 3.05) is 6.54 Å². The number of hydrogen-bond donors (Lipinski definition) is 1. The first kappa shape index (κ1) is 15.9. The summed E-state index contributed by atoms with van der Waals surface area (Å²) in [5, 5.41) is 5.29. The van der Waals surface area contributed by atoms with Crippen molar-refractivity contribution in [2.24, 2.45) is 0 Å². The van der Waals surface area contributed by atoms with E-state index in [2.05, 4.69) is 27.9 Å². The Kier molecular flexibility index (Phi) is 5.51. The predicted octanol–water partition coefficient (Wildman–Crippen LogP) is 5.03. The number of aryl methyl sites for hydroxylation is 1.